The van der Waals surface area contributed by atoms with E-state index < -0.39 is 0 Å². The molecule has 13 heavy (non-hydrogen) atoms. The van der Waals surface area contributed by atoms with Crippen molar-refractivity contribution in [3.05, 3.63) is 0 Å². The monoisotopic (exact) mass is 245 g/mol. The largest absolute Gasteiger partial charge is 0.350 e. The topological polar surface area (TPSA) is 29.1 Å². The van der Waals surface area contributed by atoms with E-state index in [2.05, 4.69) is 35.1 Å². The number of nitrogens with one attached hydrogen (secondary N) is 1. The fraction of sp³-hybridized carbons (Fsp3) is 0.900. The van der Waals surface area contributed by atoms with Crippen LogP contribution in [0.1, 0.15) is 33.1 Å². The predicted molar refractivity (Wildman–Crippen MR) is 55.8 cm³/mol. The molecular formula is C10H16BrNO. The molecule has 0 heterocycles. The molecule has 0 aromatic carbocycles. The summed E-state index contributed by atoms with van der Waals surface area (Å²) in [5.41, 5.74) is 0.377. The molecule has 0 radical (unpaired) electrons. The highest BCUT2D eigenvalue weighted by molar-refractivity contribution is 9.09. The van der Waals surface area contributed by atoms with Crippen LogP contribution in [0.5, 0.6) is 0 Å². The molecular weight excluding hydrogens is 230 g/mol. The van der Waals surface area contributed by atoms with Crippen LogP contribution in [0.25, 0.3) is 0 Å². The van der Waals surface area contributed by atoms with Gasteiger partial charge in [0.25, 0.3) is 0 Å². The molecule has 2 aliphatic carbocycles. The molecule has 0 saturated heterocycles. The minimum atomic E-state index is 0.121. The molecule has 2 nitrogen and oxygen atoms in total. The van der Waals surface area contributed by atoms with Crippen LogP contribution in [0, 0.1) is 11.3 Å². The average Bonchev–Trinajstić information content (AvgIpc) is 2.90. The first kappa shape index (κ1) is 9.50. The summed E-state index contributed by atoms with van der Waals surface area (Å²) in [6.07, 6.45) is 3.32. The van der Waals surface area contributed by atoms with Gasteiger partial charge in [0.05, 0.1) is 0 Å². The third-order valence-electron chi connectivity index (χ3n) is 3.33. The molecule has 2 fully saturated rings. The predicted octanol–water partition coefficient (Wildman–Crippen LogP) is 2.08. The van der Waals surface area contributed by atoms with Gasteiger partial charge in [0.15, 0.2) is 0 Å². The van der Waals surface area contributed by atoms with Crippen molar-refractivity contribution in [2.45, 2.75) is 38.6 Å². The van der Waals surface area contributed by atoms with Gasteiger partial charge in [-0.15, -0.1) is 0 Å². The standard InChI is InChI=1S/C10H16BrNO/c1-9(2)5-7(9)8(13)12-10(6-11)3-4-10/h7H,3-6H2,1-2H3,(H,12,13). The maximum atomic E-state index is 11.7. The van der Waals surface area contributed by atoms with E-state index in [0.717, 1.165) is 24.6 Å². The van der Waals surface area contributed by atoms with Crippen molar-refractivity contribution in [2.75, 3.05) is 5.33 Å². The van der Waals surface area contributed by atoms with Crippen molar-refractivity contribution in [1.82, 2.24) is 5.32 Å². The van der Waals surface area contributed by atoms with Gasteiger partial charge in [0, 0.05) is 16.8 Å². The molecule has 74 valence electrons. The number of carbonyl (C=O) groups is 1. The van der Waals surface area contributed by atoms with E-state index in [1.54, 1.807) is 0 Å². The van der Waals surface area contributed by atoms with E-state index in [9.17, 15) is 4.79 Å². The zero-order valence-electron chi connectivity index (χ0n) is 8.19. The molecule has 1 unspecified atom stereocenters. The molecule has 1 N–H and O–H groups in total. The van der Waals surface area contributed by atoms with Crippen molar-refractivity contribution in [3.63, 3.8) is 0 Å². The average molecular weight is 246 g/mol. The van der Waals surface area contributed by atoms with Crippen molar-refractivity contribution in [3.8, 4) is 0 Å². The summed E-state index contributed by atoms with van der Waals surface area (Å²) in [6.45, 7) is 4.32. The highest BCUT2D eigenvalue weighted by Crippen LogP contribution is 2.52. The van der Waals surface area contributed by atoms with Crippen molar-refractivity contribution in [1.29, 1.82) is 0 Å². The quantitative estimate of drug-likeness (QED) is 0.759. The Hall–Kier alpha value is -0.0500. The first-order valence-electron chi connectivity index (χ1n) is 4.87. The lowest BCUT2D eigenvalue weighted by Gasteiger charge is -2.14. The summed E-state index contributed by atoms with van der Waals surface area (Å²) < 4.78 is 0. The van der Waals surface area contributed by atoms with Crippen molar-refractivity contribution >= 4 is 21.8 Å². The minimum Gasteiger partial charge on any atom is -0.350 e. The maximum absolute atomic E-state index is 11.7. The van der Waals surface area contributed by atoms with Gasteiger partial charge in [-0.1, -0.05) is 29.8 Å². The Kier molecular flexibility index (Phi) is 1.99. The van der Waals surface area contributed by atoms with E-state index in [1.807, 2.05) is 0 Å². The zero-order chi connectivity index (χ0) is 9.69. The first-order valence-corrected chi connectivity index (χ1v) is 5.99. The molecule has 2 saturated carbocycles. The van der Waals surface area contributed by atoms with Gasteiger partial charge >= 0.3 is 0 Å². The van der Waals surface area contributed by atoms with Gasteiger partial charge in [-0.25, -0.2) is 0 Å². The van der Waals surface area contributed by atoms with E-state index in [-0.39, 0.29) is 22.8 Å². The minimum absolute atomic E-state index is 0.121. The van der Waals surface area contributed by atoms with Crippen molar-refractivity contribution < 1.29 is 4.79 Å². The molecule has 0 aromatic heterocycles. The normalized spacial score (nSPS) is 32.4. The van der Waals surface area contributed by atoms with Crippen LogP contribution in [0.15, 0.2) is 0 Å². The third-order valence-corrected chi connectivity index (χ3v) is 4.40. The van der Waals surface area contributed by atoms with Crippen LogP contribution >= 0.6 is 15.9 Å². The Bertz CT molecular complexity index is 245. The van der Waals surface area contributed by atoms with Crippen LogP contribution in [0.4, 0.5) is 0 Å². The summed E-state index contributed by atoms with van der Waals surface area (Å²) in [5, 5.41) is 4.05. The van der Waals surface area contributed by atoms with Gasteiger partial charge in [-0.2, -0.15) is 0 Å². The second-order valence-electron chi connectivity index (χ2n) is 5.15. The second kappa shape index (κ2) is 2.72. The number of rotatable bonds is 3. The van der Waals surface area contributed by atoms with Crippen LogP contribution in [-0.4, -0.2) is 16.8 Å². The summed E-state index contributed by atoms with van der Waals surface area (Å²) in [4.78, 5) is 11.7. The number of amides is 1. The van der Waals surface area contributed by atoms with Crippen LogP contribution in [0.3, 0.4) is 0 Å². The zero-order valence-corrected chi connectivity index (χ0v) is 9.78. The smallest absolute Gasteiger partial charge is 0.224 e. The molecule has 0 bridgehead atoms. The Morgan fingerprint density at radius 2 is 2.08 bits per heavy atom. The summed E-state index contributed by atoms with van der Waals surface area (Å²) >= 11 is 3.45. The van der Waals surface area contributed by atoms with Crippen LogP contribution in [-0.2, 0) is 4.79 Å². The summed E-state index contributed by atoms with van der Waals surface area (Å²) in [6, 6.07) is 0. The number of halogens is 1. The number of hydrogen-bond donors (Lipinski definition) is 1. The fourth-order valence-corrected chi connectivity index (χ4v) is 2.41. The molecule has 0 spiro atoms. The van der Waals surface area contributed by atoms with Gasteiger partial charge < -0.3 is 5.32 Å². The lowest BCUT2D eigenvalue weighted by atomic mass is 10.1. The SMILES string of the molecule is CC1(C)CC1C(=O)NC1(CBr)CC1. The highest BCUT2D eigenvalue weighted by atomic mass is 79.9. The van der Waals surface area contributed by atoms with Gasteiger partial charge in [0.2, 0.25) is 5.91 Å². The number of carbonyl (C=O) groups excluding carboxylic acids is 1. The van der Waals surface area contributed by atoms with E-state index in [4.69, 9.17) is 0 Å². The highest BCUT2D eigenvalue weighted by Gasteiger charge is 2.53. The van der Waals surface area contributed by atoms with Gasteiger partial charge in [0.1, 0.15) is 0 Å². The maximum Gasteiger partial charge on any atom is 0.224 e. The molecule has 1 amide bonds. The fourth-order valence-electron chi connectivity index (χ4n) is 1.71. The van der Waals surface area contributed by atoms with Gasteiger partial charge in [-0.05, 0) is 24.7 Å². The van der Waals surface area contributed by atoms with Crippen molar-refractivity contribution in [2.24, 2.45) is 11.3 Å². The Labute approximate surface area is 87.6 Å². The van der Waals surface area contributed by atoms with Crippen LogP contribution < -0.4 is 5.32 Å². The molecule has 2 aliphatic rings. The molecule has 0 aliphatic heterocycles. The van der Waals surface area contributed by atoms with Gasteiger partial charge in [-0.3, -0.25) is 4.79 Å². The Morgan fingerprint density at radius 1 is 1.54 bits per heavy atom. The molecule has 3 heteroatoms. The molecule has 2 rings (SSSR count). The van der Waals surface area contributed by atoms with E-state index >= 15 is 0 Å². The first-order chi connectivity index (χ1) is 5.99. The van der Waals surface area contributed by atoms with E-state index in [0.29, 0.717) is 0 Å². The molecule has 1 atom stereocenters. The Morgan fingerprint density at radius 3 is 2.38 bits per heavy atom. The second-order valence-corrected chi connectivity index (χ2v) is 5.71. The van der Waals surface area contributed by atoms with Crippen LogP contribution in [0.2, 0.25) is 0 Å². The lowest BCUT2D eigenvalue weighted by molar-refractivity contribution is -0.123. The van der Waals surface area contributed by atoms with E-state index in [1.165, 1.54) is 0 Å². The third kappa shape index (κ3) is 1.76. The molecule has 0 aromatic rings. The number of hydrogen-bond acceptors (Lipinski definition) is 1. The number of alkyl halides is 1. The lowest BCUT2D eigenvalue weighted by Crippen LogP contribution is -2.39. The summed E-state index contributed by atoms with van der Waals surface area (Å²) in [5.74, 6) is 0.533. The summed E-state index contributed by atoms with van der Waals surface area (Å²) in [7, 11) is 0. The Balaban J connectivity index is 1.87.